The first-order chi connectivity index (χ1) is 16.6. The maximum atomic E-state index is 4.19. The summed E-state index contributed by atoms with van der Waals surface area (Å²) in [6.07, 6.45) is 7.77. The maximum Gasteiger partial charge on any atom is 3.00 e. The van der Waals surface area contributed by atoms with Gasteiger partial charge in [-0.1, -0.05) is 95.1 Å². The molecule has 4 aliphatic rings. The predicted molar refractivity (Wildman–Crippen MR) is 156 cm³/mol. The molecule has 3 heterocycles. The zero-order chi connectivity index (χ0) is 25.0. The number of rotatable bonds is 4. The molecular weight excluding hydrogens is 601 g/mol. The topological polar surface area (TPSA) is 12.4 Å². The third-order valence-corrected chi connectivity index (χ3v) is 11.7. The summed E-state index contributed by atoms with van der Waals surface area (Å²) in [4.78, 5) is 4.19. The molecule has 0 saturated heterocycles. The molecule has 0 atom stereocenters. The molecule has 0 fully saturated rings. The number of allylic oxidation sites excluding steroid dienone is 5. The minimum atomic E-state index is -1.11. The van der Waals surface area contributed by atoms with Crippen LogP contribution in [0, 0.1) is 0 Å². The van der Waals surface area contributed by atoms with Gasteiger partial charge in [-0.2, -0.15) is 6.07 Å². The van der Waals surface area contributed by atoms with Crippen molar-refractivity contribution in [1.29, 1.82) is 0 Å². The van der Waals surface area contributed by atoms with Gasteiger partial charge in [-0.25, -0.2) is 0 Å². The molecule has 0 aromatic heterocycles. The van der Waals surface area contributed by atoms with Gasteiger partial charge in [0.1, 0.15) is 8.07 Å². The van der Waals surface area contributed by atoms with Crippen molar-refractivity contribution in [3.05, 3.63) is 99.0 Å². The Morgan fingerprint density at radius 2 is 1.63 bits per heavy atom. The molecule has 3 aromatic carbocycles. The first-order valence-electron chi connectivity index (χ1n) is 13.1. The van der Waals surface area contributed by atoms with Crippen LogP contribution in [-0.2, 0) is 38.0 Å². The van der Waals surface area contributed by atoms with E-state index in [1.54, 1.807) is 16.0 Å². The summed E-state index contributed by atoms with van der Waals surface area (Å²) in [6, 6.07) is 20.5. The zero-order valence-corrected chi connectivity index (χ0v) is 28.6. The molecule has 0 N–H and O–H groups in total. The molecule has 38 heavy (non-hydrogen) atoms. The summed E-state index contributed by atoms with van der Waals surface area (Å²) in [6.45, 7) is 16.2. The minimum Gasteiger partial charge on any atom is -1.00 e. The number of hydrogen-bond donors (Lipinski definition) is 0. The van der Waals surface area contributed by atoms with Crippen LogP contribution in [0.1, 0.15) is 58.6 Å². The molecule has 0 amide bonds. The molecule has 3 aliphatic heterocycles. The second-order valence-corrected chi connectivity index (χ2v) is 16.1. The van der Waals surface area contributed by atoms with Gasteiger partial charge in [-0.05, 0) is 40.3 Å². The molecule has 1 nitrogen and oxygen atoms in total. The quantitative estimate of drug-likeness (QED) is 0.308. The number of aliphatic imine (C=N–C) groups is 1. The van der Waals surface area contributed by atoms with E-state index in [9.17, 15) is 0 Å². The largest absolute Gasteiger partial charge is 3.00 e. The molecule has 0 spiro atoms. The van der Waals surface area contributed by atoms with E-state index in [0.29, 0.717) is 0 Å². The fourth-order valence-corrected chi connectivity index (χ4v) is 10.1. The normalized spacial score (nSPS) is 16.0. The zero-order valence-electron chi connectivity index (χ0n) is 23.7. The van der Waals surface area contributed by atoms with Crippen molar-refractivity contribution in [2.45, 2.75) is 72.4 Å². The van der Waals surface area contributed by atoms with Gasteiger partial charge in [-0.15, -0.1) is 34.5 Å². The Hall–Kier alpha value is -1.38. The van der Waals surface area contributed by atoms with E-state index in [1.165, 1.54) is 63.4 Å². The number of benzene rings is 2. The van der Waals surface area contributed by atoms with Crippen LogP contribution in [0.2, 0.25) is 13.1 Å². The third-order valence-electron chi connectivity index (χ3n) is 7.93. The Bertz CT molecular complexity index is 1430. The Labute approximate surface area is 261 Å². The molecule has 5 heteroatoms. The second-order valence-electron chi connectivity index (χ2n) is 11.8. The molecule has 7 rings (SSSR count). The molecule has 1 aliphatic carbocycles. The number of nitrogens with zero attached hydrogens (tertiary/aromatic N) is 1. The molecule has 0 unspecified atom stereocenters. The van der Waals surface area contributed by atoms with Crippen molar-refractivity contribution < 1.29 is 51.0 Å². The van der Waals surface area contributed by atoms with E-state index in [0.717, 1.165) is 0 Å². The van der Waals surface area contributed by atoms with Gasteiger partial charge in [0.05, 0.1) is 0 Å². The molecule has 3 aromatic rings. The van der Waals surface area contributed by atoms with Crippen molar-refractivity contribution >= 4 is 25.1 Å². The molecule has 0 saturated carbocycles. The monoisotopic (exact) mass is 636 g/mol. The first kappa shape index (κ1) is 32.8. The summed E-state index contributed by atoms with van der Waals surface area (Å²) in [5, 5.41) is 6.07. The summed E-state index contributed by atoms with van der Waals surface area (Å²) >= 11 is 0. The van der Waals surface area contributed by atoms with E-state index in [2.05, 4.69) is 107 Å². The number of unbranched alkanes of at least 4 members (excludes halogenated alkanes) is 1. The molecule has 1 radical (unpaired) electrons. The predicted octanol–water partition coefficient (Wildman–Crippen LogP) is 3.25. The Kier molecular flexibility index (Phi) is 10.7. The fourth-order valence-electron chi connectivity index (χ4n) is 6.15. The van der Waals surface area contributed by atoms with Crippen molar-refractivity contribution in [2.24, 2.45) is 4.99 Å². The van der Waals surface area contributed by atoms with Crippen LogP contribution in [0.5, 0.6) is 0 Å². The number of fused-ring (bicyclic) bond motifs is 1. The third kappa shape index (κ3) is 5.73. The second kappa shape index (κ2) is 12.4. The van der Waals surface area contributed by atoms with Gasteiger partial charge in [0, 0.05) is 23.6 Å². The summed E-state index contributed by atoms with van der Waals surface area (Å²) in [5.41, 5.74) is 10.2. The summed E-state index contributed by atoms with van der Waals surface area (Å²) in [7, 11) is -1.11. The number of hydrogen-bond acceptors (Lipinski definition) is 1. The van der Waals surface area contributed by atoms with E-state index in [4.69, 9.17) is 0 Å². The molecule has 197 valence electrons. The van der Waals surface area contributed by atoms with E-state index >= 15 is 0 Å². The maximum absolute atomic E-state index is 4.19. The minimum absolute atomic E-state index is 0. The van der Waals surface area contributed by atoms with Gasteiger partial charge < -0.3 is 24.8 Å². The average Bonchev–Trinajstić information content (AvgIpc) is 3.54. The fraction of sp³-hybridized carbons (Fsp3) is 0.333. The Morgan fingerprint density at radius 3 is 2.21 bits per heavy atom. The van der Waals surface area contributed by atoms with Gasteiger partial charge >= 0.3 is 26.2 Å². The van der Waals surface area contributed by atoms with Crippen molar-refractivity contribution in [3.63, 3.8) is 0 Å². The Morgan fingerprint density at radius 1 is 0.947 bits per heavy atom. The van der Waals surface area contributed by atoms with Gasteiger partial charge in [-0.3, -0.25) is 4.99 Å². The smallest absolute Gasteiger partial charge is 1.00 e. The van der Waals surface area contributed by atoms with Crippen molar-refractivity contribution in [2.75, 3.05) is 0 Å². The van der Waals surface area contributed by atoms with Crippen LogP contribution < -0.4 is 24.8 Å². The standard InChI is InChI=1S/C23H27.C10H11NSi.2ClH.Zr/c1-5-6-8-17-15-19-9-7-10-21(22(19)16-17)18-11-13-20(14-12-18)23(2,3)4;1-6-9-7-4-11-5-8(7)10(6)12(9,2)3;;;/h7,9-16H,5-6,8H2,1-4H3;4-5H,1-3H3;2*1H;/q-1;;;;+3/p-2. The first-order valence-corrected chi connectivity index (χ1v) is 16.1. The van der Waals surface area contributed by atoms with Gasteiger partial charge in [0.2, 0.25) is 0 Å². The summed E-state index contributed by atoms with van der Waals surface area (Å²) < 4.78 is 0. The van der Waals surface area contributed by atoms with E-state index in [1.807, 2.05) is 12.4 Å². The number of aryl methyl sites for hydroxylation is 1. The van der Waals surface area contributed by atoms with Crippen molar-refractivity contribution in [1.82, 2.24) is 0 Å². The van der Waals surface area contributed by atoms with Crippen LogP contribution in [0.3, 0.4) is 0 Å². The average molecular weight is 639 g/mol. The van der Waals surface area contributed by atoms with Gasteiger partial charge in [0.25, 0.3) is 0 Å². The van der Waals surface area contributed by atoms with Crippen LogP contribution >= 0.6 is 0 Å². The van der Waals surface area contributed by atoms with Crippen LogP contribution in [0.15, 0.2) is 92.9 Å². The van der Waals surface area contributed by atoms with Crippen LogP contribution in [0.25, 0.3) is 21.9 Å². The van der Waals surface area contributed by atoms with Gasteiger partial charge in [0.15, 0.2) is 0 Å². The van der Waals surface area contributed by atoms with E-state index in [-0.39, 0.29) is 56.4 Å². The number of halogens is 2. The van der Waals surface area contributed by atoms with E-state index < -0.39 is 8.07 Å². The van der Waals surface area contributed by atoms with Crippen LogP contribution in [-0.4, -0.2) is 14.3 Å². The Balaban J connectivity index is 0.000000287. The van der Waals surface area contributed by atoms with Crippen LogP contribution in [0.4, 0.5) is 0 Å². The molecular formula is C33H38Cl2NSiZr. The SMILES string of the molecule is CC1=C2C3=CN=CC3=C1[Si]2(C)C.CCCCc1cc2c(-c3ccc(C(C)(C)C)cc3)cccc2[cH-]1.[Cl-].[Cl-].[Zr+3]. The van der Waals surface area contributed by atoms with Crippen molar-refractivity contribution in [3.8, 4) is 11.1 Å². The molecule has 2 bridgehead atoms. The summed E-state index contributed by atoms with van der Waals surface area (Å²) in [5.74, 6) is 0.